The van der Waals surface area contributed by atoms with Crippen molar-refractivity contribution in [1.82, 2.24) is 15.5 Å². The molecular weight excluding hydrogens is 616 g/mol. The fourth-order valence-corrected chi connectivity index (χ4v) is 9.43. The molecule has 242 valence electrons. The third-order valence-corrected chi connectivity index (χ3v) is 10.9. The molecule has 7 rings (SSSR count). The number of carbonyl (C=O) groups is 3. The second-order valence-electron chi connectivity index (χ2n) is 12.2. The second kappa shape index (κ2) is 11.3. The van der Waals surface area contributed by atoms with E-state index in [2.05, 4.69) is 21.6 Å². The summed E-state index contributed by atoms with van der Waals surface area (Å²) in [7, 11) is 1.51. The first kappa shape index (κ1) is 30.5. The van der Waals surface area contributed by atoms with Crippen LogP contribution in [-0.4, -0.2) is 78.3 Å². The molecular formula is C32H34N4O9S. The first-order chi connectivity index (χ1) is 22.0. The number of nitrogens with one attached hydrogen (secondary N) is 2. The van der Waals surface area contributed by atoms with Crippen LogP contribution in [0.5, 0.6) is 28.7 Å². The van der Waals surface area contributed by atoms with Crippen LogP contribution in [0.25, 0.3) is 0 Å². The molecule has 14 heteroatoms. The number of nitrogens with zero attached hydrogens (tertiary/aromatic N) is 2. The van der Waals surface area contributed by atoms with E-state index in [0.29, 0.717) is 51.7 Å². The molecule has 0 saturated carbocycles. The van der Waals surface area contributed by atoms with Crippen molar-refractivity contribution in [1.29, 1.82) is 5.26 Å². The van der Waals surface area contributed by atoms with Crippen molar-refractivity contribution in [3.8, 4) is 34.8 Å². The minimum Gasteiger partial charge on any atom is -0.504 e. The van der Waals surface area contributed by atoms with Crippen LogP contribution in [-0.2, 0) is 25.5 Å². The zero-order valence-corrected chi connectivity index (χ0v) is 26.8. The zero-order chi connectivity index (χ0) is 32.6. The molecule has 3 unspecified atom stereocenters. The standard InChI is InChI=1S/C32H34N4O9S/c1-12-6-16-7-17-19(8-33)36-20-9-42-32(40)18(34-14(3)37)10-46-31(25(36)24(35-17)21(16)26(39)27(12)41-5)23-22(20)30-29(43-11-44-30)13(2)28(23)45-15(4)38/h6,17-20,24-25,31,35,39H,7,9-11H2,1-5H3,(H,34,37)/t17?,18?,19-,20-,24?,25+,31+/m0/s1. The van der Waals surface area contributed by atoms with Crippen molar-refractivity contribution in [3.05, 3.63) is 39.4 Å². The molecule has 3 N–H and O–H groups in total. The topological polar surface area (TPSA) is 169 Å². The molecule has 0 aliphatic carbocycles. The first-order valence-electron chi connectivity index (χ1n) is 15.1. The molecule has 7 atom stereocenters. The number of rotatable bonds is 3. The Labute approximate surface area is 269 Å². The fraction of sp³-hybridized carbons (Fsp3) is 0.500. The summed E-state index contributed by atoms with van der Waals surface area (Å²) in [6.07, 6.45) is 0.470. The van der Waals surface area contributed by atoms with E-state index in [1.807, 2.05) is 13.0 Å². The first-order valence-corrected chi connectivity index (χ1v) is 16.1. The smallest absolute Gasteiger partial charge is 0.329 e. The number of piperazine rings is 1. The predicted octanol–water partition coefficient (Wildman–Crippen LogP) is 2.39. The third kappa shape index (κ3) is 4.47. The lowest BCUT2D eigenvalue weighted by Crippen LogP contribution is -2.69. The number of aromatic hydroxyl groups is 1. The van der Waals surface area contributed by atoms with Crippen LogP contribution in [0, 0.1) is 25.2 Å². The fourth-order valence-electron chi connectivity index (χ4n) is 7.92. The maximum absolute atomic E-state index is 13.4. The Morgan fingerprint density at radius 3 is 2.61 bits per heavy atom. The number of hydrogen-bond donors (Lipinski definition) is 3. The quantitative estimate of drug-likeness (QED) is 0.327. The Hall–Kier alpha value is -4.19. The Bertz CT molecular complexity index is 1720. The predicted molar refractivity (Wildman–Crippen MR) is 163 cm³/mol. The average Bonchev–Trinajstić information content (AvgIpc) is 3.50. The van der Waals surface area contributed by atoms with Gasteiger partial charge in [0, 0.05) is 53.9 Å². The molecule has 2 aromatic carbocycles. The van der Waals surface area contributed by atoms with Gasteiger partial charge in [0.25, 0.3) is 0 Å². The Morgan fingerprint density at radius 1 is 1.15 bits per heavy atom. The molecule has 2 saturated heterocycles. The maximum atomic E-state index is 13.4. The van der Waals surface area contributed by atoms with Crippen LogP contribution in [0.4, 0.5) is 0 Å². The highest BCUT2D eigenvalue weighted by Crippen LogP contribution is 2.62. The number of fused-ring (bicyclic) bond motifs is 9. The lowest BCUT2D eigenvalue weighted by Gasteiger charge is -2.59. The van der Waals surface area contributed by atoms with Gasteiger partial charge in [-0.15, -0.1) is 11.8 Å². The number of methoxy groups -OCH3 is 1. The van der Waals surface area contributed by atoms with E-state index in [0.717, 1.165) is 11.1 Å². The summed E-state index contributed by atoms with van der Waals surface area (Å²) >= 11 is 1.38. The molecule has 2 fully saturated rings. The summed E-state index contributed by atoms with van der Waals surface area (Å²) in [5.41, 5.74) is 4.22. The highest BCUT2D eigenvalue weighted by Gasteiger charge is 2.59. The number of ether oxygens (including phenoxy) is 5. The molecule has 0 aromatic heterocycles. The van der Waals surface area contributed by atoms with Crippen molar-refractivity contribution in [2.45, 2.75) is 75.6 Å². The molecule has 1 amide bonds. The van der Waals surface area contributed by atoms with Crippen LogP contribution in [0.2, 0.25) is 0 Å². The molecule has 13 nitrogen and oxygen atoms in total. The number of thioether (sulfide) groups is 1. The number of esters is 2. The molecule has 46 heavy (non-hydrogen) atoms. The zero-order valence-electron chi connectivity index (χ0n) is 26.0. The van der Waals surface area contributed by atoms with Gasteiger partial charge in [-0.25, -0.2) is 4.79 Å². The van der Waals surface area contributed by atoms with Crippen LogP contribution in [0.3, 0.4) is 0 Å². The van der Waals surface area contributed by atoms with Crippen molar-refractivity contribution >= 4 is 29.6 Å². The number of phenols is 1. The number of aryl methyl sites for hydroxylation is 1. The van der Waals surface area contributed by atoms with E-state index in [-0.39, 0.29) is 36.9 Å². The summed E-state index contributed by atoms with van der Waals surface area (Å²) in [5.74, 6) is 0.189. The van der Waals surface area contributed by atoms with Gasteiger partial charge < -0.3 is 39.4 Å². The number of benzene rings is 2. The van der Waals surface area contributed by atoms with Gasteiger partial charge in [-0.3, -0.25) is 14.5 Å². The SMILES string of the molecule is COc1c(C)cc2c(c1O)C1NC(C2)[C@H](C#N)N2[C@H]1[C@@H]1SCC(NC(C)=O)C(=O)OC[C@H]2c2c3c(c(C)c(OC(C)=O)c21)OCO3. The number of phenolic OH excluding ortho intramolecular Hbond substituents is 1. The molecule has 5 aliphatic heterocycles. The Morgan fingerprint density at radius 2 is 1.91 bits per heavy atom. The van der Waals surface area contributed by atoms with E-state index in [4.69, 9.17) is 23.7 Å². The van der Waals surface area contributed by atoms with Gasteiger partial charge in [0.15, 0.2) is 23.0 Å². The van der Waals surface area contributed by atoms with Gasteiger partial charge in [-0.05, 0) is 31.4 Å². The Balaban J connectivity index is 1.52. The van der Waals surface area contributed by atoms with E-state index in [1.54, 1.807) is 6.92 Å². The summed E-state index contributed by atoms with van der Waals surface area (Å²) in [5, 5.41) is 28.3. The van der Waals surface area contributed by atoms with Crippen molar-refractivity contribution in [2.24, 2.45) is 0 Å². The highest BCUT2D eigenvalue weighted by molar-refractivity contribution is 7.99. The van der Waals surface area contributed by atoms with Gasteiger partial charge in [0.1, 0.15) is 24.4 Å². The van der Waals surface area contributed by atoms with Crippen LogP contribution < -0.4 is 29.6 Å². The number of carbonyl (C=O) groups excluding carboxylic acids is 3. The minimum absolute atomic E-state index is 0.0200. The van der Waals surface area contributed by atoms with Crippen molar-refractivity contribution in [2.75, 3.05) is 26.3 Å². The molecule has 4 bridgehead atoms. The molecule has 0 radical (unpaired) electrons. The minimum atomic E-state index is -0.947. The van der Waals surface area contributed by atoms with Gasteiger partial charge >= 0.3 is 11.9 Å². The highest BCUT2D eigenvalue weighted by atomic mass is 32.2. The summed E-state index contributed by atoms with van der Waals surface area (Å²) in [4.78, 5) is 40.1. The largest absolute Gasteiger partial charge is 0.504 e. The molecule has 2 aromatic rings. The van der Waals surface area contributed by atoms with Crippen molar-refractivity contribution in [3.63, 3.8) is 0 Å². The average molecular weight is 651 g/mol. The van der Waals surface area contributed by atoms with E-state index < -0.39 is 47.4 Å². The normalized spacial score (nSPS) is 29.0. The maximum Gasteiger partial charge on any atom is 0.329 e. The number of amides is 1. The van der Waals surface area contributed by atoms with Crippen LogP contribution >= 0.6 is 11.8 Å². The van der Waals surface area contributed by atoms with Crippen molar-refractivity contribution < 1.29 is 43.2 Å². The van der Waals surface area contributed by atoms with Crippen LogP contribution in [0.1, 0.15) is 64.6 Å². The van der Waals surface area contributed by atoms with E-state index >= 15 is 0 Å². The lowest BCUT2D eigenvalue weighted by atomic mass is 9.72. The molecule has 5 heterocycles. The molecule has 5 aliphatic rings. The summed E-state index contributed by atoms with van der Waals surface area (Å²) in [6, 6.07) is 0.815. The van der Waals surface area contributed by atoms with E-state index in [9.17, 15) is 24.8 Å². The number of nitriles is 1. The van der Waals surface area contributed by atoms with E-state index in [1.165, 1.54) is 32.7 Å². The number of cyclic esters (lactones) is 1. The van der Waals surface area contributed by atoms with Gasteiger partial charge in [0.2, 0.25) is 12.7 Å². The second-order valence-corrected chi connectivity index (χ2v) is 13.4. The summed E-state index contributed by atoms with van der Waals surface area (Å²) < 4.78 is 29.4. The van der Waals surface area contributed by atoms with Gasteiger partial charge in [-0.2, -0.15) is 5.26 Å². The third-order valence-electron chi connectivity index (χ3n) is 9.53. The monoisotopic (exact) mass is 650 g/mol. The van der Waals surface area contributed by atoms with Gasteiger partial charge in [-0.1, -0.05) is 6.07 Å². The van der Waals surface area contributed by atoms with Gasteiger partial charge in [0.05, 0.1) is 30.5 Å². The lowest BCUT2D eigenvalue weighted by molar-refractivity contribution is -0.150. The van der Waals surface area contributed by atoms with Crippen LogP contribution in [0.15, 0.2) is 6.07 Å². The molecule has 0 spiro atoms. The number of hydrogen-bond acceptors (Lipinski definition) is 13. The summed E-state index contributed by atoms with van der Waals surface area (Å²) in [6.45, 7) is 6.09. The Kier molecular flexibility index (Phi) is 7.45.